The third-order valence-corrected chi connectivity index (χ3v) is 3.70. The highest BCUT2D eigenvalue weighted by Crippen LogP contribution is 2.35. The summed E-state index contributed by atoms with van der Waals surface area (Å²) in [4.78, 5) is 23.3. The highest BCUT2D eigenvalue weighted by atomic mass is 35.5. The third kappa shape index (κ3) is 3.09. The molecular weight excluding hydrogens is 284 g/mol. The van der Waals surface area contributed by atoms with Gasteiger partial charge in [-0.2, -0.15) is 15.0 Å². The normalized spacial score (nSPS) is 26.1. The van der Waals surface area contributed by atoms with Crippen LogP contribution < -0.4 is 10.1 Å². The average Bonchev–Trinajstić information content (AvgIpc) is 2.37. The van der Waals surface area contributed by atoms with Gasteiger partial charge in [0.25, 0.3) is 0 Å². The number of anilines is 1. The molecule has 0 saturated heterocycles. The van der Waals surface area contributed by atoms with E-state index in [1.807, 2.05) is 6.92 Å². The Morgan fingerprint density at radius 2 is 2.25 bits per heavy atom. The van der Waals surface area contributed by atoms with Gasteiger partial charge in [0.2, 0.25) is 11.2 Å². The zero-order valence-corrected chi connectivity index (χ0v) is 12.1. The molecular formula is C12H17ClN4O3. The Bertz CT molecular complexity index is 513. The maximum atomic E-state index is 11.7. The lowest BCUT2D eigenvalue weighted by Gasteiger charge is -2.36. The van der Waals surface area contributed by atoms with Crippen LogP contribution in [0.2, 0.25) is 5.28 Å². The molecule has 0 spiro atoms. The van der Waals surface area contributed by atoms with E-state index in [0.717, 1.165) is 12.8 Å². The fourth-order valence-electron chi connectivity index (χ4n) is 2.61. The van der Waals surface area contributed by atoms with Crippen LogP contribution in [0, 0.1) is 5.92 Å². The first kappa shape index (κ1) is 14.8. The van der Waals surface area contributed by atoms with E-state index in [-0.39, 0.29) is 17.2 Å². The molecule has 2 N–H and O–H groups in total. The van der Waals surface area contributed by atoms with Crippen molar-refractivity contribution in [2.75, 3.05) is 12.4 Å². The quantitative estimate of drug-likeness (QED) is 0.877. The van der Waals surface area contributed by atoms with Crippen molar-refractivity contribution in [3.05, 3.63) is 5.28 Å². The number of rotatable bonds is 4. The van der Waals surface area contributed by atoms with Crippen molar-refractivity contribution in [1.82, 2.24) is 15.0 Å². The largest absolute Gasteiger partial charge is 0.480 e. The predicted octanol–water partition coefficient (Wildman–Crippen LogP) is 1.98. The van der Waals surface area contributed by atoms with Crippen molar-refractivity contribution in [2.24, 2.45) is 5.92 Å². The molecule has 0 radical (unpaired) electrons. The lowest BCUT2D eigenvalue weighted by atomic mass is 9.76. The average molecular weight is 301 g/mol. The minimum atomic E-state index is -1.06. The van der Waals surface area contributed by atoms with Crippen LogP contribution >= 0.6 is 11.6 Å². The van der Waals surface area contributed by atoms with Crippen LogP contribution in [0.5, 0.6) is 6.01 Å². The number of ether oxygens (including phenoxy) is 1. The van der Waals surface area contributed by atoms with E-state index >= 15 is 0 Å². The Labute approximate surface area is 121 Å². The molecule has 20 heavy (non-hydrogen) atoms. The maximum Gasteiger partial charge on any atom is 0.329 e. The molecule has 1 aliphatic carbocycles. The molecule has 0 amide bonds. The molecule has 1 aliphatic rings. The van der Waals surface area contributed by atoms with Crippen LogP contribution in [0.4, 0.5) is 5.95 Å². The summed E-state index contributed by atoms with van der Waals surface area (Å²) in [5, 5.41) is 12.4. The standard InChI is InChI=1S/C12H17ClN4O3/c1-7-4-3-5-12(6-7,8(18)19)17-10-14-9(13)15-11(16-10)20-2/h7H,3-6H2,1-2H3,(H,18,19)(H,14,15,16,17). The van der Waals surface area contributed by atoms with Gasteiger partial charge in [-0.25, -0.2) is 4.79 Å². The first-order chi connectivity index (χ1) is 9.45. The number of halogens is 1. The summed E-state index contributed by atoms with van der Waals surface area (Å²) < 4.78 is 4.91. The Balaban J connectivity index is 2.28. The lowest BCUT2D eigenvalue weighted by Crippen LogP contribution is -2.50. The van der Waals surface area contributed by atoms with E-state index in [0.29, 0.717) is 18.8 Å². The maximum absolute atomic E-state index is 11.7. The van der Waals surface area contributed by atoms with Gasteiger partial charge in [0.05, 0.1) is 7.11 Å². The predicted molar refractivity (Wildman–Crippen MR) is 73.0 cm³/mol. The molecule has 110 valence electrons. The molecule has 0 aromatic carbocycles. The zero-order valence-electron chi connectivity index (χ0n) is 11.4. The fraction of sp³-hybridized carbons (Fsp3) is 0.667. The molecule has 8 heteroatoms. The smallest absolute Gasteiger partial charge is 0.329 e. The van der Waals surface area contributed by atoms with E-state index < -0.39 is 11.5 Å². The number of nitrogens with zero attached hydrogens (tertiary/aromatic N) is 3. The Morgan fingerprint density at radius 1 is 1.50 bits per heavy atom. The molecule has 0 aliphatic heterocycles. The summed E-state index contributed by atoms with van der Waals surface area (Å²) in [6.45, 7) is 2.04. The molecule has 0 bridgehead atoms. The highest BCUT2D eigenvalue weighted by Gasteiger charge is 2.42. The third-order valence-electron chi connectivity index (χ3n) is 3.53. The van der Waals surface area contributed by atoms with E-state index in [1.54, 1.807) is 0 Å². The number of hydrogen-bond donors (Lipinski definition) is 2. The van der Waals surface area contributed by atoms with Gasteiger partial charge in [0.1, 0.15) is 5.54 Å². The van der Waals surface area contributed by atoms with Gasteiger partial charge in [-0.05, 0) is 30.4 Å². The van der Waals surface area contributed by atoms with Gasteiger partial charge < -0.3 is 15.2 Å². The summed E-state index contributed by atoms with van der Waals surface area (Å²) >= 11 is 5.77. The zero-order chi connectivity index (χ0) is 14.8. The monoisotopic (exact) mass is 300 g/mol. The van der Waals surface area contributed by atoms with Crippen molar-refractivity contribution in [3.8, 4) is 6.01 Å². The summed E-state index contributed by atoms with van der Waals surface area (Å²) in [7, 11) is 1.41. The number of nitrogens with one attached hydrogen (secondary N) is 1. The van der Waals surface area contributed by atoms with Crippen molar-refractivity contribution >= 4 is 23.5 Å². The van der Waals surface area contributed by atoms with Gasteiger partial charge in [-0.1, -0.05) is 19.8 Å². The highest BCUT2D eigenvalue weighted by molar-refractivity contribution is 6.28. The van der Waals surface area contributed by atoms with Crippen molar-refractivity contribution in [2.45, 2.75) is 38.1 Å². The second-order valence-corrected chi connectivity index (χ2v) is 5.47. The number of methoxy groups -OCH3 is 1. The van der Waals surface area contributed by atoms with Crippen molar-refractivity contribution in [3.63, 3.8) is 0 Å². The molecule has 1 fully saturated rings. The van der Waals surface area contributed by atoms with Gasteiger partial charge in [0, 0.05) is 0 Å². The van der Waals surface area contributed by atoms with Crippen LogP contribution in [-0.4, -0.2) is 38.7 Å². The number of carboxylic acids is 1. The Hall–Kier alpha value is -1.63. The molecule has 1 heterocycles. The SMILES string of the molecule is COc1nc(Cl)nc(NC2(C(=O)O)CCCC(C)C2)n1. The van der Waals surface area contributed by atoms with E-state index in [4.69, 9.17) is 16.3 Å². The first-order valence-corrected chi connectivity index (χ1v) is 6.80. The minimum absolute atomic E-state index is 0.0382. The summed E-state index contributed by atoms with van der Waals surface area (Å²) in [6.07, 6.45) is 2.92. The van der Waals surface area contributed by atoms with Crippen molar-refractivity contribution in [1.29, 1.82) is 0 Å². The second kappa shape index (κ2) is 5.78. The van der Waals surface area contributed by atoms with Crippen LogP contribution in [-0.2, 0) is 4.79 Å². The molecule has 1 saturated carbocycles. The van der Waals surface area contributed by atoms with Gasteiger partial charge in [0.15, 0.2) is 0 Å². The Morgan fingerprint density at radius 3 is 2.85 bits per heavy atom. The van der Waals surface area contributed by atoms with Gasteiger partial charge in [-0.15, -0.1) is 0 Å². The number of carboxylic acid groups (broad SMARTS) is 1. The van der Waals surface area contributed by atoms with Gasteiger partial charge >= 0.3 is 12.0 Å². The van der Waals surface area contributed by atoms with Crippen molar-refractivity contribution < 1.29 is 14.6 Å². The summed E-state index contributed by atoms with van der Waals surface area (Å²) in [6, 6.07) is 0.0527. The van der Waals surface area contributed by atoms with E-state index in [1.165, 1.54) is 7.11 Å². The number of carbonyl (C=O) groups is 1. The minimum Gasteiger partial charge on any atom is -0.480 e. The summed E-state index contributed by atoms with van der Waals surface area (Å²) in [5.74, 6) is -0.454. The van der Waals surface area contributed by atoms with Crippen LogP contribution in [0.1, 0.15) is 32.6 Å². The molecule has 2 rings (SSSR count). The molecule has 7 nitrogen and oxygen atoms in total. The summed E-state index contributed by atoms with van der Waals surface area (Å²) in [5.41, 5.74) is -1.06. The van der Waals surface area contributed by atoms with E-state index in [2.05, 4.69) is 20.3 Å². The van der Waals surface area contributed by atoms with Crippen LogP contribution in [0.15, 0.2) is 0 Å². The topological polar surface area (TPSA) is 97.2 Å². The fourth-order valence-corrected chi connectivity index (χ4v) is 2.76. The Kier molecular flexibility index (Phi) is 4.27. The number of aromatic nitrogens is 3. The lowest BCUT2D eigenvalue weighted by molar-refractivity contribution is -0.144. The molecule has 2 atom stereocenters. The first-order valence-electron chi connectivity index (χ1n) is 6.42. The second-order valence-electron chi connectivity index (χ2n) is 5.13. The van der Waals surface area contributed by atoms with Gasteiger partial charge in [-0.3, -0.25) is 0 Å². The van der Waals surface area contributed by atoms with Crippen LogP contribution in [0.25, 0.3) is 0 Å². The number of aliphatic carboxylic acids is 1. The molecule has 1 aromatic heterocycles. The van der Waals surface area contributed by atoms with Crippen LogP contribution in [0.3, 0.4) is 0 Å². The molecule has 2 unspecified atom stereocenters. The van der Waals surface area contributed by atoms with E-state index in [9.17, 15) is 9.90 Å². The number of hydrogen-bond acceptors (Lipinski definition) is 6. The molecule has 1 aromatic rings.